The van der Waals surface area contributed by atoms with E-state index in [9.17, 15) is 9.59 Å². The lowest BCUT2D eigenvalue weighted by Crippen LogP contribution is -2.33. The highest BCUT2D eigenvalue weighted by atomic mass is 16.4. The number of carboxylic acid groups (broad SMARTS) is 1. The number of nitrogens with two attached hydrogens (primary N) is 1. The molecular formula is C13H15N3O3. The maximum atomic E-state index is 12.0. The zero-order valence-electron chi connectivity index (χ0n) is 10.2. The average molecular weight is 261 g/mol. The van der Waals surface area contributed by atoms with Gasteiger partial charge in [-0.1, -0.05) is 12.2 Å². The second kappa shape index (κ2) is 5.62. The number of aromatic nitrogens is 1. The van der Waals surface area contributed by atoms with Gasteiger partial charge in [-0.25, -0.2) is 0 Å². The van der Waals surface area contributed by atoms with Crippen LogP contribution in [0.15, 0.2) is 30.5 Å². The van der Waals surface area contributed by atoms with Gasteiger partial charge in [-0.05, 0) is 18.6 Å². The van der Waals surface area contributed by atoms with Crippen molar-refractivity contribution >= 4 is 11.9 Å². The number of carbonyl (C=O) groups is 2. The minimum absolute atomic E-state index is 0.247. The van der Waals surface area contributed by atoms with Crippen LogP contribution in [-0.4, -0.2) is 28.0 Å². The number of carbonyl (C=O) groups excluding carboxylic acids is 1. The number of carboxylic acids is 1. The van der Waals surface area contributed by atoms with Crippen molar-refractivity contribution in [3.8, 4) is 0 Å². The number of hydrogen-bond donors (Lipinski definition) is 3. The summed E-state index contributed by atoms with van der Waals surface area (Å²) in [7, 11) is 0. The standard InChI is InChI=1S/C13H15N3O3/c14-7-11-5-8(3-4-15-11)12(17)16-10-2-1-9(6-10)13(18)19/h1-5,9-10H,6-7,14H2,(H,16,17)(H,18,19). The quantitative estimate of drug-likeness (QED) is 0.676. The third-order valence-corrected chi connectivity index (χ3v) is 3.01. The molecule has 0 saturated heterocycles. The molecule has 1 aromatic heterocycles. The monoisotopic (exact) mass is 261 g/mol. The lowest BCUT2D eigenvalue weighted by Gasteiger charge is -2.12. The summed E-state index contributed by atoms with van der Waals surface area (Å²) in [4.78, 5) is 26.8. The molecule has 0 aliphatic heterocycles. The Morgan fingerprint density at radius 3 is 2.89 bits per heavy atom. The zero-order chi connectivity index (χ0) is 13.8. The minimum Gasteiger partial charge on any atom is -0.481 e. The maximum absolute atomic E-state index is 12.0. The van der Waals surface area contributed by atoms with Crippen molar-refractivity contribution in [3.05, 3.63) is 41.7 Å². The highest BCUT2D eigenvalue weighted by Gasteiger charge is 2.25. The topological polar surface area (TPSA) is 105 Å². The SMILES string of the molecule is NCc1cc(C(=O)NC2C=CC(C(=O)O)C2)ccn1. The summed E-state index contributed by atoms with van der Waals surface area (Å²) in [6, 6.07) is 2.98. The Balaban J connectivity index is 1.98. The molecule has 19 heavy (non-hydrogen) atoms. The molecule has 0 fully saturated rings. The maximum Gasteiger partial charge on any atom is 0.310 e. The number of amides is 1. The fourth-order valence-electron chi connectivity index (χ4n) is 1.97. The highest BCUT2D eigenvalue weighted by Crippen LogP contribution is 2.18. The molecule has 0 aromatic carbocycles. The highest BCUT2D eigenvalue weighted by molar-refractivity contribution is 5.94. The Labute approximate surface area is 110 Å². The van der Waals surface area contributed by atoms with Crippen molar-refractivity contribution in [3.63, 3.8) is 0 Å². The van der Waals surface area contributed by atoms with Gasteiger partial charge < -0.3 is 16.2 Å². The van der Waals surface area contributed by atoms with E-state index < -0.39 is 11.9 Å². The van der Waals surface area contributed by atoms with Crippen LogP contribution < -0.4 is 11.1 Å². The van der Waals surface area contributed by atoms with Crippen molar-refractivity contribution in [2.45, 2.75) is 19.0 Å². The normalized spacial score (nSPS) is 21.3. The first-order valence-corrected chi connectivity index (χ1v) is 5.97. The van der Waals surface area contributed by atoms with E-state index in [1.165, 1.54) is 6.20 Å². The van der Waals surface area contributed by atoms with Crippen molar-refractivity contribution in [1.29, 1.82) is 0 Å². The van der Waals surface area contributed by atoms with Crippen LogP contribution in [0.2, 0.25) is 0 Å². The van der Waals surface area contributed by atoms with Crippen LogP contribution in [0.4, 0.5) is 0 Å². The summed E-state index contributed by atoms with van der Waals surface area (Å²) in [6.07, 6.45) is 5.23. The first kappa shape index (κ1) is 13.2. The number of hydrogen-bond acceptors (Lipinski definition) is 4. The lowest BCUT2D eigenvalue weighted by molar-refractivity contribution is -0.140. The van der Waals surface area contributed by atoms with Gasteiger partial charge in [0.15, 0.2) is 0 Å². The van der Waals surface area contributed by atoms with Crippen molar-refractivity contribution in [2.75, 3.05) is 0 Å². The second-order valence-electron chi connectivity index (χ2n) is 4.39. The number of aliphatic carboxylic acids is 1. The largest absolute Gasteiger partial charge is 0.481 e. The molecule has 1 aromatic rings. The Bertz CT molecular complexity index is 528. The van der Waals surface area contributed by atoms with Crippen LogP contribution in [0.1, 0.15) is 22.5 Å². The number of nitrogens with one attached hydrogen (secondary N) is 1. The second-order valence-corrected chi connectivity index (χ2v) is 4.39. The van der Waals surface area contributed by atoms with Crippen molar-refractivity contribution in [2.24, 2.45) is 11.7 Å². The van der Waals surface area contributed by atoms with Gasteiger partial charge in [0.25, 0.3) is 5.91 Å². The zero-order valence-corrected chi connectivity index (χ0v) is 10.2. The van der Waals surface area contributed by atoms with E-state index in [1.54, 1.807) is 24.3 Å². The molecule has 2 rings (SSSR count). The van der Waals surface area contributed by atoms with E-state index in [0.29, 0.717) is 17.7 Å². The Hall–Kier alpha value is -2.21. The smallest absolute Gasteiger partial charge is 0.310 e. The van der Waals surface area contributed by atoms with Gasteiger partial charge in [-0.15, -0.1) is 0 Å². The van der Waals surface area contributed by atoms with Crippen LogP contribution in [0.25, 0.3) is 0 Å². The number of pyridine rings is 1. The molecule has 4 N–H and O–H groups in total. The van der Waals surface area contributed by atoms with Crippen LogP contribution in [0, 0.1) is 5.92 Å². The Kier molecular flexibility index (Phi) is 3.91. The van der Waals surface area contributed by atoms with Crippen LogP contribution in [0.5, 0.6) is 0 Å². The van der Waals surface area contributed by atoms with Crippen molar-refractivity contribution < 1.29 is 14.7 Å². The third-order valence-electron chi connectivity index (χ3n) is 3.01. The van der Waals surface area contributed by atoms with E-state index >= 15 is 0 Å². The predicted octanol–water partition coefficient (Wildman–Crippen LogP) is 0.299. The summed E-state index contributed by atoms with van der Waals surface area (Å²) in [6.45, 7) is 0.269. The lowest BCUT2D eigenvalue weighted by atomic mass is 10.1. The summed E-state index contributed by atoms with van der Waals surface area (Å²) in [5.74, 6) is -1.65. The molecule has 1 heterocycles. The van der Waals surface area contributed by atoms with E-state index in [4.69, 9.17) is 10.8 Å². The fourth-order valence-corrected chi connectivity index (χ4v) is 1.97. The molecule has 0 radical (unpaired) electrons. The molecule has 100 valence electrons. The molecule has 0 bridgehead atoms. The van der Waals surface area contributed by atoms with Gasteiger partial charge >= 0.3 is 5.97 Å². The fraction of sp³-hybridized carbons (Fsp3) is 0.308. The number of rotatable bonds is 4. The van der Waals surface area contributed by atoms with E-state index in [-0.39, 0.29) is 18.5 Å². The molecule has 6 nitrogen and oxygen atoms in total. The summed E-state index contributed by atoms with van der Waals surface area (Å²) >= 11 is 0. The van der Waals surface area contributed by atoms with E-state index in [1.807, 2.05) is 0 Å². The Morgan fingerprint density at radius 1 is 1.47 bits per heavy atom. The average Bonchev–Trinajstić information content (AvgIpc) is 2.87. The van der Waals surface area contributed by atoms with Gasteiger partial charge in [-0.2, -0.15) is 0 Å². The molecule has 2 atom stereocenters. The third kappa shape index (κ3) is 3.17. The number of nitrogens with zero attached hydrogens (tertiary/aromatic N) is 1. The van der Waals surface area contributed by atoms with Gasteiger partial charge in [0.1, 0.15) is 0 Å². The van der Waals surface area contributed by atoms with Gasteiger partial charge in [0.2, 0.25) is 0 Å². The molecule has 1 aliphatic carbocycles. The predicted molar refractivity (Wildman–Crippen MR) is 68.3 cm³/mol. The van der Waals surface area contributed by atoms with Crippen LogP contribution in [-0.2, 0) is 11.3 Å². The molecule has 6 heteroatoms. The van der Waals surface area contributed by atoms with E-state index in [2.05, 4.69) is 10.3 Å². The van der Waals surface area contributed by atoms with Gasteiger partial charge in [-0.3, -0.25) is 14.6 Å². The van der Waals surface area contributed by atoms with E-state index in [0.717, 1.165) is 0 Å². The molecular weight excluding hydrogens is 246 g/mol. The molecule has 1 amide bonds. The summed E-state index contributed by atoms with van der Waals surface area (Å²) in [5.41, 5.74) is 6.58. The minimum atomic E-state index is -0.873. The molecule has 0 saturated carbocycles. The van der Waals surface area contributed by atoms with Crippen LogP contribution >= 0.6 is 0 Å². The van der Waals surface area contributed by atoms with Crippen molar-refractivity contribution in [1.82, 2.24) is 10.3 Å². The Morgan fingerprint density at radius 2 is 2.26 bits per heavy atom. The molecule has 2 unspecified atom stereocenters. The van der Waals surface area contributed by atoms with Crippen LogP contribution in [0.3, 0.4) is 0 Å². The van der Waals surface area contributed by atoms with Gasteiger partial charge in [0, 0.05) is 24.3 Å². The summed E-state index contributed by atoms with van der Waals surface area (Å²) < 4.78 is 0. The summed E-state index contributed by atoms with van der Waals surface area (Å²) in [5, 5.41) is 11.6. The first-order chi connectivity index (χ1) is 9.10. The van der Waals surface area contributed by atoms with Gasteiger partial charge in [0.05, 0.1) is 11.6 Å². The molecule has 1 aliphatic rings. The molecule has 0 spiro atoms. The first-order valence-electron chi connectivity index (χ1n) is 5.97.